The Morgan fingerprint density at radius 1 is 1.59 bits per heavy atom. The van der Waals surface area contributed by atoms with E-state index in [0.717, 1.165) is 12.0 Å². The summed E-state index contributed by atoms with van der Waals surface area (Å²) in [5.41, 5.74) is 0.919. The van der Waals surface area contributed by atoms with Crippen LogP contribution in [0.15, 0.2) is 18.2 Å². The predicted molar refractivity (Wildman–Crippen MR) is 62.2 cm³/mol. The van der Waals surface area contributed by atoms with Crippen LogP contribution in [0.2, 0.25) is 0 Å². The van der Waals surface area contributed by atoms with Crippen LogP contribution in [-0.2, 0) is 0 Å². The second-order valence-corrected chi connectivity index (χ2v) is 4.57. The Bertz CT molecular complexity index is 433. The van der Waals surface area contributed by atoms with Gasteiger partial charge >= 0.3 is 0 Å². The maximum absolute atomic E-state index is 13.6. The largest absolute Gasteiger partial charge is 0.396 e. The van der Waals surface area contributed by atoms with Gasteiger partial charge in [-0.25, -0.2) is 4.39 Å². The summed E-state index contributed by atoms with van der Waals surface area (Å²) in [4.78, 5) is 13.7. The highest BCUT2D eigenvalue weighted by atomic mass is 19.1. The monoisotopic (exact) mass is 237 g/mol. The number of hydrogen-bond donors (Lipinski definition) is 1. The van der Waals surface area contributed by atoms with Crippen LogP contribution in [0.5, 0.6) is 0 Å². The molecule has 17 heavy (non-hydrogen) atoms. The van der Waals surface area contributed by atoms with Crippen molar-refractivity contribution in [2.45, 2.75) is 13.3 Å². The van der Waals surface area contributed by atoms with Crippen molar-refractivity contribution in [3.63, 3.8) is 0 Å². The normalized spacial score (nSPS) is 19.7. The van der Waals surface area contributed by atoms with Gasteiger partial charge in [0.2, 0.25) is 0 Å². The summed E-state index contributed by atoms with van der Waals surface area (Å²) in [6.45, 7) is 2.98. The Hall–Kier alpha value is -1.42. The van der Waals surface area contributed by atoms with Crippen LogP contribution in [0.3, 0.4) is 0 Å². The first-order valence-electron chi connectivity index (χ1n) is 5.78. The topological polar surface area (TPSA) is 40.5 Å². The Kier molecular flexibility index (Phi) is 3.43. The number of amides is 1. The van der Waals surface area contributed by atoms with E-state index in [2.05, 4.69) is 0 Å². The van der Waals surface area contributed by atoms with Crippen LogP contribution in [0.25, 0.3) is 0 Å². The quantitative estimate of drug-likeness (QED) is 0.848. The molecule has 0 bridgehead atoms. The highest BCUT2D eigenvalue weighted by molar-refractivity contribution is 5.94. The first-order valence-corrected chi connectivity index (χ1v) is 5.78. The molecule has 1 aliphatic heterocycles. The van der Waals surface area contributed by atoms with E-state index >= 15 is 0 Å². The molecule has 1 fully saturated rings. The van der Waals surface area contributed by atoms with Gasteiger partial charge in [0.05, 0.1) is 5.56 Å². The number of likely N-dealkylation sites (tertiary alicyclic amines) is 1. The van der Waals surface area contributed by atoms with Crippen molar-refractivity contribution in [2.24, 2.45) is 5.92 Å². The number of rotatable bonds is 2. The lowest BCUT2D eigenvalue weighted by Gasteiger charge is -2.16. The number of carbonyl (C=O) groups excluding carboxylic acids is 1. The molecule has 2 rings (SSSR count). The summed E-state index contributed by atoms with van der Waals surface area (Å²) in [7, 11) is 0. The molecule has 0 spiro atoms. The Morgan fingerprint density at radius 2 is 2.35 bits per heavy atom. The van der Waals surface area contributed by atoms with Gasteiger partial charge in [0.1, 0.15) is 5.82 Å². The van der Waals surface area contributed by atoms with E-state index in [4.69, 9.17) is 5.11 Å². The molecule has 92 valence electrons. The third kappa shape index (κ3) is 2.47. The number of hydrogen-bond acceptors (Lipinski definition) is 2. The fraction of sp³-hybridized carbons (Fsp3) is 0.462. The van der Waals surface area contributed by atoms with Crippen LogP contribution in [-0.4, -0.2) is 35.6 Å². The highest BCUT2D eigenvalue weighted by Crippen LogP contribution is 2.20. The Morgan fingerprint density at radius 3 is 2.94 bits per heavy atom. The zero-order chi connectivity index (χ0) is 12.4. The molecule has 1 amide bonds. The zero-order valence-electron chi connectivity index (χ0n) is 9.82. The summed E-state index contributed by atoms with van der Waals surface area (Å²) in [6.07, 6.45) is 0.787. The first kappa shape index (κ1) is 12.0. The number of aryl methyl sites for hydroxylation is 1. The molecule has 1 saturated heterocycles. The van der Waals surface area contributed by atoms with Crippen molar-refractivity contribution in [1.82, 2.24) is 4.90 Å². The van der Waals surface area contributed by atoms with Gasteiger partial charge in [0, 0.05) is 25.6 Å². The Balaban J connectivity index is 2.15. The lowest BCUT2D eigenvalue weighted by atomic mass is 10.1. The summed E-state index contributed by atoms with van der Waals surface area (Å²) in [6, 6.07) is 4.63. The van der Waals surface area contributed by atoms with Gasteiger partial charge in [0.25, 0.3) is 5.91 Å². The summed E-state index contributed by atoms with van der Waals surface area (Å²) in [5, 5.41) is 9.02. The van der Waals surface area contributed by atoms with Gasteiger partial charge in [0.15, 0.2) is 0 Å². The third-order valence-electron chi connectivity index (χ3n) is 3.19. The van der Waals surface area contributed by atoms with Gasteiger partial charge in [-0.15, -0.1) is 0 Å². The molecule has 0 saturated carbocycles. The number of nitrogens with zero attached hydrogens (tertiary/aromatic N) is 1. The summed E-state index contributed by atoms with van der Waals surface area (Å²) in [5.74, 6) is -0.617. The molecule has 1 heterocycles. The van der Waals surface area contributed by atoms with Gasteiger partial charge in [-0.05, 0) is 31.0 Å². The van der Waals surface area contributed by atoms with E-state index in [-0.39, 0.29) is 24.0 Å². The van der Waals surface area contributed by atoms with E-state index in [1.807, 2.05) is 0 Å². The standard InChI is InChI=1S/C13H16FNO2/c1-9-2-3-11(12(14)6-9)13(17)15-5-4-10(7-15)8-16/h2-3,6,10,16H,4-5,7-8H2,1H3. The summed E-state index contributed by atoms with van der Waals surface area (Å²) >= 11 is 0. The van der Waals surface area contributed by atoms with E-state index in [9.17, 15) is 9.18 Å². The molecule has 0 aromatic heterocycles. The molecule has 1 aromatic rings. The van der Waals surface area contributed by atoms with Crippen LogP contribution in [0.1, 0.15) is 22.3 Å². The first-order chi connectivity index (χ1) is 8.11. The Labute approximate surface area is 99.9 Å². The molecule has 3 nitrogen and oxygen atoms in total. The SMILES string of the molecule is Cc1ccc(C(=O)N2CCC(CO)C2)c(F)c1. The molecule has 1 aromatic carbocycles. The predicted octanol–water partition coefficient (Wildman–Crippen LogP) is 1.59. The van der Waals surface area contributed by atoms with Crippen molar-refractivity contribution in [3.05, 3.63) is 35.1 Å². The zero-order valence-corrected chi connectivity index (χ0v) is 9.82. The minimum Gasteiger partial charge on any atom is -0.396 e. The fourth-order valence-corrected chi connectivity index (χ4v) is 2.13. The van der Waals surface area contributed by atoms with Crippen LogP contribution in [0, 0.1) is 18.7 Å². The van der Waals surface area contributed by atoms with Crippen LogP contribution >= 0.6 is 0 Å². The van der Waals surface area contributed by atoms with E-state index in [0.29, 0.717) is 13.1 Å². The average molecular weight is 237 g/mol. The minimum atomic E-state index is -0.470. The molecular formula is C13H16FNO2. The lowest BCUT2D eigenvalue weighted by molar-refractivity contribution is 0.0777. The van der Waals surface area contributed by atoms with E-state index < -0.39 is 5.82 Å². The number of aliphatic hydroxyl groups excluding tert-OH is 1. The minimum absolute atomic E-state index is 0.0835. The van der Waals surface area contributed by atoms with Crippen LogP contribution < -0.4 is 0 Å². The molecule has 1 unspecified atom stereocenters. The van der Waals surface area contributed by atoms with Crippen molar-refractivity contribution in [3.8, 4) is 0 Å². The smallest absolute Gasteiger partial charge is 0.256 e. The van der Waals surface area contributed by atoms with Crippen molar-refractivity contribution in [1.29, 1.82) is 0 Å². The van der Waals surface area contributed by atoms with Gasteiger partial charge in [-0.3, -0.25) is 4.79 Å². The second-order valence-electron chi connectivity index (χ2n) is 4.57. The van der Waals surface area contributed by atoms with Gasteiger partial charge in [-0.2, -0.15) is 0 Å². The summed E-state index contributed by atoms with van der Waals surface area (Å²) < 4.78 is 13.6. The highest BCUT2D eigenvalue weighted by Gasteiger charge is 2.27. The molecule has 0 aliphatic carbocycles. The molecule has 0 radical (unpaired) electrons. The van der Waals surface area contributed by atoms with Crippen molar-refractivity contribution in [2.75, 3.05) is 19.7 Å². The molecule has 1 atom stereocenters. The van der Waals surface area contributed by atoms with Gasteiger partial charge in [-0.1, -0.05) is 6.07 Å². The fourth-order valence-electron chi connectivity index (χ4n) is 2.13. The molecular weight excluding hydrogens is 221 g/mol. The number of aliphatic hydroxyl groups is 1. The number of carbonyl (C=O) groups is 1. The average Bonchev–Trinajstić information content (AvgIpc) is 2.76. The van der Waals surface area contributed by atoms with E-state index in [1.54, 1.807) is 17.9 Å². The number of halogens is 1. The van der Waals surface area contributed by atoms with Crippen LogP contribution in [0.4, 0.5) is 4.39 Å². The maximum Gasteiger partial charge on any atom is 0.256 e. The number of benzene rings is 1. The molecule has 1 aliphatic rings. The van der Waals surface area contributed by atoms with Crippen molar-refractivity contribution < 1.29 is 14.3 Å². The van der Waals surface area contributed by atoms with E-state index in [1.165, 1.54) is 12.1 Å². The molecule has 1 N–H and O–H groups in total. The second kappa shape index (κ2) is 4.84. The lowest BCUT2D eigenvalue weighted by Crippen LogP contribution is -2.29. The van der Waals surface area contributed by atoms with Crippen molar-refractivity contribution >= 4 is 5.91 Å². The third-order valence-corrected chi connectivity index (χ3v) is 3.19. The molecule has 4 heteroatoms. The van der Waals surface area contributed by atoms with Gasteiger partial charge < -0.3 is 10.0 Å². The maximum atomic E-state index is 13.6.